The maximum atomic E-state index is 12.3. The first kappa shape index (κ1) is 16.2. The van der Waals surface area contributed by atoms with Crippen LogP contribution in [0.2, 0.25) is 0 Å². The summed E-state index contributed by atoms with van der Waals surface area (Å²) in [7, 11) is 0. The minimum absolute atomic E-state index is 0.0479. The largest absolute Gasteiger partial charge is 0.288 e. The summed E-state index contributed by atoms with van der Waals surface area (Å²) in [6.45, 7) is 7.05. The van der Waals surface area contributed by atoms with Crippen molar-refractivity contribution in [1.29, 1.82) is 0 Å². The first-order chi connectivity index (χ1) is 10.1. The van der Waals surface area contributed by atoms with Crippen molar-refractivity contribution in [2.24, 2.45) is 0 Å². The maximum absolute atomic E-state index is 12.3. The Bertz CT molecular complexity index is 670. The number of rotatable bonds is 6. The molecule has 0 aliphatic rings. The first-order valence-electron chi connectivity index (χ1n) is 7.09. The number of thiophene rings is 1. The number of hydrogen-bond acceptors (Lipinski definition) is 3. The molecular weight excluding hydrogens is 348 g/mol. The average molecular weight is 367 g/mol. The van der Waals surface area contributed by atoms with Crippen LogP contribution in [0.25, 0.3) is 6.08 Å². The fourth-order valence-electron chi connectivity index (χ4n) is 2.12. The Morgan fingerprint density at radius 1 is 1.48 bits per heavy atom. The van der Waals surface area contributed by atoms with Gasteiger partial charge in [0, 0.05) is 27.2 Å². The van der Waals surface area contributed by atoms with E-state index in [4.69, 9.17) is 0 Å². The zero-order valence-corrected chi connectivity index (χ0v) is 14.9. The Hall–Kier alpha value is -1.20. The number of hydrogen-bond donors (Lipinski definition) is 0. The van der Waals surface area contributed by atoms with Crippen LogP contribution in [0.1, 0.15) is 46.1 Å². The van der Waals surface area contributed by atoms with E-state index in [0.29, 0.717) is 0 Å². The van der Waals surface area contributed by atoms with Crippen LogP contribution in [-0.4, -0.2) is 15.6 Å². The fourth-order valence-corrected chi connectivity index (χ4v) is 4.01. The Balaban J connectivity index is 2.15. The Morgan fingerprint density at radius 2 is 2.24 bits per heavy atom. The summed E-state index contributed by atoms with van der Waals surface area (Å²) in [4.78, 5) is 14.3. The first-order valence-corrected chi connectivity index (χ1v) is 8.70. The van der Waals surface area contributed by atoms with Crippen molar-refractivity contribution < 1.29 is 4.79 Å². The molecule has 0 saturated heterocycles. The predicted octanol–water partition coefficient (Wildman–Crippen LogP) is 4.88. The molecule has 2 aromatic heterocycles. The summed E-state index contributed by atoms with van der Waals surface area (Å²) in [5.41, 5.74) is 2.08. The molecule has 0 aromatic carbocycles. The van der Waals surface area contributed by atoms with Crippen molar-refractivity contribution in [1.82, 2.24) is 9.78 Å². The number of aryl methyl sites for hydroxylation is 2. The maximum Gasteiger partial charge on any atom is 0.195 e. The van der Waals surface area contributed by atoms with Gasteiger partial charge in [-0.15, -0.1) is 11.3 Å². The monoisotopic (exact) mass is 366 g/mol. The van der Waals surface area contributed by atoms with Crippen LogP contribution in [0.3, 0.4) is 0 Å². The zero-order chi connectivity index (χ0) is 15.4. The fraction of sp³-hybridized carbons (Fsp3) is 0.375. The molecular formula is C16H19BrN2OS. The van der Waals surface area contributed by atoms with Crippen molar-refractivity contribution in [3.63, 3.8) is 0 Å². The molecule has 0 saturated carbocycles. The average Bonchev–Trinajstić information content (AvgIpc) is 3.01. The second-order valence-corrected chi connectivity index (χ2v) is 6.82. The van der Waals surface area contributed by atoms with Gasteiger partial charge in [0.2, 0.25) is 0 Å². The molecule has 2 aromatic rings. The van der Waals surface area contributed by atoms with Gasteiger partial charge in [0.15, 0.2) is 5.78 Å². The van der Waals surface area contributed by atoms with E-state index in [1.807, 2.05) is 23.7 Å². The normalized spacial score (nSPS) is 11.4. The number of allylic oxidation sites excluding steroid dienone is 1. The van der Waals surface area contributed by atoms with Gasteiger partial charge in [0.05, 0.1) is 11.1 Å². The summed E-state index contributed by atoms with van der Waals surface area (Å²) in [5.74, 6) is 0.0479. The Kier molecular flexibility index (Phi) is 5.53. The summed E-state index contributed by atoms with van der Waals surface area (Å²) >= 11 is 5.10. The minimum atomic E-state index is 0.0479. The molecule has 0 fully saturated rings. The molecule has 5 heteroatoms. The van der Waals surface area contributed by atoms with Crippen LogP contribution in [0.15, 0.2) is 22.8 Å². The van der Waals surface area contributed by atoms with E-state index in [9.17, 15) is 4.79 Å². The lowest BCUT2D eigenvalue weighted by Crippen LogP contribution is -1.98. The number of halogens is 1. The van der Waals surface area contributed by atoms with Crippen LogP contribution in [0, 0.1) is 6.92 Å². The van der Waals surface area contributed by atoms with E-state index in [2.05, 4.69) is 34.9 Å². The van der Waals surface area contributed by atoms with Crippen molar-refractivity contribution in [2.45, 2.75) is 40.2 Å². The molecule has 21 heavy (non-hydrogen) atoms. The molecule has 0 aliphatic carbocycles. The Morgan fingerprint density at radius 3 is 2.86 bits per heavy atom. The van der Waals surface area contributed by atoms with Crippen LogP contribution >= 0.6 is 27.3 Å². The third kappa shape index (κ3) is 3.71. The standard InChI is InChI=1S/C16H19BrN2OS/c1-4-6-15-13(17)9-16(21-15)14(20)8-7-12-10-18-19(5-2)11(12)3/h7-10H,4-6H2,1-3H3/b8-7+. The minimum Gasteiger partial charge on any atom is -0.288 e. The van der Waals surface area contributed by atoms with Gasteiger partial charge in [-0.2, -0.15) is 5.10 Å². The molecule has 0 spiro atoms. The van der Waals surface area contributed by atoms with E-state index >= 15 is 0 Å². The Labute approximate surface area is 137 Å². The van der Waals surface area contributed by atoms with Gasteiger partial charge < -0.3 is 0 Å². The second kappa shape index (κ2) is 7.18. The van der Waals surface area contributed by atoms with Crippen molar-refractivity contribution >= 4 is 39.1 Å². The van der Waals surface area contributed by atoms with Gasteiger partial charge in [-0.05, 0) is 54.4 Å². The number of carbonyl (C=O) groups is 1. The third-order valence-electron chi connectivity index (χ3n) is 3.33. The van der Waals surface area contributed by atoms with Crippen molar-refractivity contribution in [3.8, 4) is 0 Å². The highest BCUT2D eigenvalue weighted by molar-refractivity contribution is 9.10. The molecule has 2 heterocycles. The van der Waals surface area contributed by atoms with Crippen LogP contribution < -0.4 is 0 Å². The summed E-state index contributed by atoms with van der Waals surface area (Å²) in [6.07, 6.45) is 7.38. The number of ketones is 1. The molecule has 0 unspecified atom stereocenters. The van der Waals surface area contributed by atoms with Crippen molar-refractivity contribution in [3.05, 3.63) is 43.8 Å². The van der Waals surface area contributed by atoms with Gasteiger partial charge in [0.1, 0.15) is 0 Å². The smallest absolute Gasteiger partial charge is 0.195 e. The van der Waals surface area contributed by atoms with Crippen molar-refractivity contribution in [2.75, 3.05) is 0 Å². The molecule has 0 amide bonds. The SMILES string of the molecule is CCCc1sc(C(=O)/C=C/c2cnn(CC)c2C)cc1Br. The molecule has 0 radical (unpaired) electrons. The van der Waals surface area contributed by atoms with Crippen LogP contribution in [0.4, 0.5) is 0 Å². The summed E-state index contributed by atoms with van der Waals surface area (Å²) in [5, 5.41) is 4.28. The van der Waals surface area contributed by atoms with Crippen LogP contribution in [0.5, 0.6) is 0 Å². The van der Waals surface area contributed by atoms with E-state index in [0.717, 1.165) is 40.0 Å². The van der Waals surface area contributed by atoms with E-state index in [1.165, 1.54) is 4.88 Å². The number of aromatic nitrogens is 2. The van der Waals surface area contributed by atoms with E-state index < -0.39 is 0 Å². The highest BCUT2D eigenvalue weighted by Crippen LogP contribution is 2.29. The van der Waals surface area contributed by atoms with E-state index in [-0.39, 0.29) is 5.78 Å². The molecule has 3 nitrogen and oxygen atoms in total. The molecule has 0 bridgehead atoms. The molecule has 0 N–H and O–H groups in total. The van der Waals surface area contributed by atoms with Gasteiger partial charge in [0.25, 0.3) is 0 Å². The number of nitrogens with zero attached hydrogens (tertiary/aromatic N) is 2. The highest BCUT2D eigenvalue weighted by Gasteiger charge is 2.11. The van der Waals surface area contributed by atoms with Gasteiger partial charge in [-0.1, -0.05) is 13.3 Å². The molecule has 0 aliphatic heterocycles. The molecule has 2 rings (SSSR count). The lowest BCUT2D eigenvalue weighted by Gasteiger charge is -1.98. The molecule has 0 atom stereocenters. The van der Waals surface area contributed by atoms with Crippen LogP contribution in [-0.2, 0) is 13.0 Å². The highest BCUT2D eigenvalue weighted by atomic mass is 79.9. The predicted molar refractivity (Wildman–Crippen MR) is 92.0 cm³/mol. The topological polar surface area (TPSA) is 34.9 Å². The van der Waals surface area contributed by atoms with Gasteiger partial charge in [-0.3, -0.25) is 9.48 Å². The summed E-state index contributed by atoms with van der Waals surface area (Å²) in [6, 6.07) is 1.92. The molecule has 112 valence electrons. The second-order valence-electron chi connectivity index (χ2n) is 4.83. The number of carbonyl (C=O) groups excluding carboxylic acids is 1. The van der Waals surface area contributed by atoms with Gasteiger partial charge >= 0.3 is 0 Å². The quantitative estimate of drug-likeness (QED) is 0.539. The van der Waals surface area contributed by atoms with Gasteiger partial charge in [-0.25, -0.2) is 0 Å². The summed E-state index contributed by atoms with van der Waals surface area (Å²) < 4.78 is 2.96. The zero-order valence-electron chi connectivity index (χ0n) is 12.5. The lowest BCUT2D eigenvalue weighted by atomic mass is 10.2. The van der Waals surface area contributed by atoms with E-state index in [1.54, 1.807) is 23.6 Å². The third-order valence-corrected chi connectivity index (χ3v) is 5.51. The lowest BCUT2D eigenvalue weighted by molar-refractivity contribution is 0.105.